The van der Waals surface area contributed by atoms with Crippen molar-refractivity contribution in [2.45, 2.75) is 12.8 Å². The summed E-state index contributed by atoms with van der Waals surface area (Å²) in [7, 11) is 1.89. The van der Waals surface area contributed by atoms with Crippen molar-refractivity contribution in [1.82, 2.24) is 5.32 Å². The van der Waals surface area contributed by atoms with Gasteiger partial charge in [-0.1, -0.05) is 36.4 Å². The van der Waals surface area contributed by atoms with Gasteiger partial charge in [0.25, 0.3) is 0 Å². The van der Waals surface area contributed by atoms with E-state index in [0.717, 1.165) is 18.5 Å². The minimum absolute atomic E-state index is 0.132. The van der Waals surface area contributed by atoms with Gasteiger partial charge < -0.3 is 14.8 Å². The van der Waals surface area contributed by atoms with Crippen molar-refractivity contribution in [1.29, 1.82) is 0 Å². The average Bonchev–Trinajstić information content (AvgIpc) is 2.52. The van der Waals surface area contributed by atoms with Crippen LogP contribution in [0.4, 0.5) is 0 Å². The molecular formula is C17H25NO3. The summed E-state index contributed by atoms with van der Waals surface area (Å²) in [5, 5.41) is 3.01. The van der Waals surface area contributed by atoms with Crippen molar-refractivity contribution < 1.29 is 14.3 Å². The number of likely N-dealkylation sites (N-methyl/N-ethyl adjacent to an activating group) is 1. The van der Waals surface area contributed by atoms with Crippen LogP contribution in [0.5, 0.6) is 0 Å². The summed E-state index contributed by atoms with van der Waals surface area (Å²) in [6, 6.07) is 9.81. The molecule has 1 N–H and O–H groups in total. The summed E-state index contributed by atoms with van der Waals surface area (Å²) < 4.78 is 10.7. The number of rotatable bonds is 12. The van der Waals surface area contributed by atoms with Crippen LogP contribution in [0.2, 0.25) is 0 Å². The second-order valence-electron chi connectivity index (χ2n) is 4.64. The minimum Gasteiger partial charge on any atom is -0.379 e. The molecule has 0 unspecified atom stereocenters. The van der Waals surface area contributed by atoms with Crippen LogP contribution in [0, 0.1) is 0 Å². The number of nitrogens with one attached hydrogen (secondary N) is 1. The molecule has 0 aliphatic heterocycles. The number of ether oxygens (including phenoxy) is 2. The van der Waals surface area contributed by atoms with Gasteiger partial charge in [0.1, 0.15) is 0 Å². The molecule has 1 rings (SSSR count). The monoisotopic (exact) mass is 291 g/mol. The number of hydrogen-bond donors (Lipinski definition) is 1. The molecule has 0 saturated heterocycles. The third kappa shape index (κ3) is 9.96. The Kier molecular flexibility index (Phi) is 10.3. The fourth-order valence-electron chi connectivity index (χ4n) is 1.68. The maximum atomic E-state index is 11.6. The fourth-order valence-corrected chi connectivity index (χ4v) is 1.68. The van der Waals surface area contributed by atoms with E-state index >= 15 is 0 Å². The van der Waals surface area contributed by atoms with E-state index in [4.69, 9.17) is 9.47 Å². The van der Waals surface area contributed by atoms with Gasteiger partial charge in [0, 0.05) is 19.6 Å². The second kappa shape index (κ2) is 12.3. The zero-order valence-electron chi connectivity index (χ0n) is 12.7. The van der Waals surface area contributed by atoms with Gasteiger partial charge in [0.15, 0.2) is 5.78 Å². The lowest BCUT2D eigenvalue weighted by Gasteiger charge is -2.04. The fraction of sp³-hybridized carbons (Fsp3) is 0.471. The molecule has 4 heteroatoms. The van der Waals surface area contributed by atoms with Gasteiger partial charge in [0.2, 0.25) is 0 Å². The largest absolute Gasteiger partial charge is 0.379 e. The van der Waals surface area contributed by atoms with E-state index in [2.05, 4.69) is 5.32 Å². The molecule has 0 atom stereocenters. The van der Waals surface area contributed by atoms with E-state index in [1.54, 1.807) is 6.08 Å². The Labute approximate surface area is 127 Å². The van der Waals surface area contributed by atoms with Crippen LogP contribution in [-0.2, 0) is 14.3 Å². The Hall–Kier alpha value is -1.49. The first-order valence-corrected chi connectivity index (χ1v) is 7.39. The molecule has 0 spiro atoms. The summed E-state index contributed by atoms with van der Waals surface area (Å²) in [4.78, 5) is 11.6. The van der Waals surface area contributed by atoms with E-state index in [1.807, 2.05) is 43.5 Å². The normalized spacial score (nSPS) is 11.1. The van der Waals surface area contributed by atoms with Crippen molar-refractivity contribution in [2.24, 2.45) is 0 Å². The summed E-state index contributed by atoms with van der Waals surface area (Å²) in [5.74, 6) is 0.132. The first kappa shape index (κ1) is 17.6. The Bertz CT molecular complexity index is 404. The zero-order valence-corrected chi connectivity index (χ0v) is 12.7. The first-order valence-electron chi connectivity index (χ1n) is 7.39. The molecule has 1 aromatic rings. The molecule has 0 aliphatic rings. The molecule has 0 fully saturated rings. The Morgan fingerprint density at radius 3 is 2.52 bits per heavy atom. The van der Waals surface area contributed by atoms with Gasteiger partial charge in [-0.15, -0.1) is 0 Å². The third-order valence-corrected chi connectivity index (χ3v) is 2.84. The molecule has 21 heavy (non-hydrogen) atoms. The summed E-state index contributed by atoms with van der Waals surface area (Å²) in [5.41, 5.74) is 1.04. The molecule has 0 radical (unpaired) electrons. The lowest BCUT2D eigenvalue weighted by Crippen LogP contribution is -2.16. The predicted octanol–water partition coefficient (Wildman–Crippen LogP) is 2.30. The number of hydrogen-bond acceptors (Lipinski definition) is 4. The summed E-state index contributed by atoms with van der Waals surface area (Å²) >= 11 is 0. The number of benzene rings is 1. The third-order valence-electron chi connectivity index (χ3n) is 2.84. The smallest absolute Gasteiger partial charge is 0.155 e. The van der Waals surface area contributed by atoms with Crippen molar-refractivity contribution in [3.05, 3.63) is 42.0 Å². The topological polar surface area (TPSA) is 47.6 Å². The highest BCUT2D eigenvalue weighted by atomic mass is 16.5. The molecule has 0 aliphatic carbocycles. The van der Waals surface area contributed by atoms with Crippen LogP contribution >= 0.6 is 0 Å². The van der Waals surface area contributed by atoms with Crippen LogP contribution in [-0.4, -0.2) is 45.8 Å². The van der Waals surface area contributed by atoms with Gasteiger partial charge in [-0.05, 0) is 25.1 Å². The standard InChI is InChI=1S/C17H25NO3/c1-18-11-13-21-15-14-20-12-5-8-17(19)10-9-16-6-3-2-4-7-16/h2-4,6-7,9-10,18H,5,8,11-15H2,1H3/b10-9+. The van der Waals surface area contributed by atoms with Gasteiger partial charge in [-0.2, -0.15) is 0 Å². The predicted molar refractivity (Wildman–Crippen MR) is 85.3 cm³/mol. The quantitative estimate of drug-likeness (QED) is 0.474. The van der Waals surface area contributed by atoms with Crippen molar-refractivity contribution in [3.8, 4) is 0 Å². The molecule has 0 heterocycles. The Morgan fingerprint density at radius 1 is 1.10 bits per heavy atom. The van der Waals surface area contributed by atoms with Crippen molar-refractivity contribution in [3.63, 3.8) is 0 Å². The molecule has 0 amide bonds. The second-order valence-corrected chi connectivity index (χ2v) is 4.64. The highest BCUT2D eigenvalue weighted by Crippen LogP contribution is 2.02. The summed E-state index contributed by atoms with van der Waals surface area (Å²) in [6.45, 7) is 3.33. The highest BCUT2D eigenvalue weighted by Gasteiger charge is 1.97. The van der Waals surface area contributed by atoms with Crippen LogP contribution in [0.15, 0.2) is 36.4 Å². The number of carbonyl (C=O) groups is 1. The van der Waals surface area contributed by atoms with Gasteiger partial charge in [0.05, 0.1) is 19.8 Å². The maximum absolute atomic E-state index is 11.6. The van der Waals surface area contributed by atoms with E-state index < -0.39 is 0 Å². The van der Waals surface area contributed by atoms with E-state index in [0.29, 0.717) is 32.8 Å². The zero-order chi connectivity index (χ0) is 15.2. The maximum Gasteiger partial charge on any atom is 0.155 e. The van der Waals surface area contributed by atoms with Crippen LogP contribution < -0.4 is 5.32 Å². The van der Waals surface area contributed by atoms with E-state index in [-0.39, 0.29) is 5.78 Å². The number of allylic oxidation sites excluding steroid dienone is 1. The molecule has 0 bridgehead atoms. The minimum atomic E-state index is 0.132. The first-order chi connectivity index (χ1) is 10.3. The van der Waals surface area contributed by atoms with Gasteiger partial charge >= 0.3 is 0 Å². The van der Waals surface area contributed by atoms with Crippen LogP contribution in [0.1, 0.15) is 18.4 Å². The summed E-state index contributed by atoms with van der Waals surface area (Å²) in [6.07, 6.45) is 4.74. The molecule has 0 aromatic heterocycles. The Balaban J connectivity index is 1.97. The lowest BCUT2D eigenvalue weighted by molar-refractivity contribution is -0.114. The van der Waals surface area contributed by atoms with E-state index in [1.165, 1.54) is 0 Å². The lowest BCUT2D eigenvalue weighted by atomic mass is 10.1. The number of ketones is 1. The SMILES string of the molecule is CNCCOCCOCCCC(=O)/C=C/c1ccccc1. The average molecular weight is 291 g/mol. The Morgan fingerprint density at radius 2 is 1.81 bits per heavy atom. The molecular weight excluding hydrogens is 266 g/mol. The van der Waals surface area contributed by atoms with Crippen molar-refractivity contribution in [2.75, 3.05) is 40.0 Å². The molecule has 4 nitrogen and oxygen atoms in total. The molecule has 1 aromatic carbocycles. The van der Waals surface area contributed by atoms with Gasteiger partial charge in [-0.3, -0.25) is 4.79 Å². The number of carbonyl (C=O) groups excluding carboxylic acids is 1. The van der Waals surface area contributed by atoms with E-state index in [9.17, 15) is 4.79 Å². The van der Waals surface area contributed by atoms with Crippen LogP contribution in [0.3, 0.4) is 0 Å². The highest BCUT2D eigenvalue weighted by molar-refractivity contribution is 5.93. The molecule has 116 valence electrons. The van der Waals surface area contributed by atoms with Crippen molar-refractivity contribution >= 4 is 11.9 Å². The van der Waals surface area contributed by atoms with Crippen LogP contribution in [0.25, 0.3) is 6.08 Å². The van der Waals surface area contributed by atoms with Gasteiger partial charge in [-0.25, -0.2) is 0 Å². The molecule has 0 saturated carbocycles.